The van der Waals surface area contributed by atoms with Gasteiger partial charge in [-0.1, -0.05) is 50.2 Å². The minimum atomic E-state index is -0.701. The van der Waals surface area contributed by atoms with Crippen LogP contribution in [0.25, 0.3) is 0 Å². The van der Waals surface area contributed by atoms with E-state index in [2.05, 4.69) is 29.8 Å². The summed E-state index contributed by atoms with van der Waals surface area (Å²) in [6, 6.07) is 24.6. The minimum Gasteiger partial charge on any atom is -0.356 e. The zero-order valence-electron chi connectivity index (χ0n) is 16.6. The van der Waals surface area contributed by atoms with Crippen molar-refractivity contribution in [2.45, 2.75) is 26.2 Å². The SMILES string of the molecule is CCC(C)c1ccccc1NC(=O)C(=O)Nc1ccc(Nc2ccccc2)cc1. The van der Waals surface area contributed by atoms with Crippen molar-refractivity contribution in [1.82, 2.24) is 0 Å². The highest BCUT2D eigenvalue weighted by Crippen LogP contribution is 2.26. The van der Waals surface area contributed by atoms with Gasteiger partial charge in [0.25, 0.3) is 0 Å². The first-order valence-electron chi connectivity index (χ1n) is 9.70. The normalized spacial score (nSPS) is 11.4. The molecule has 0 fully saturated rings. The molecule has 0 aliphatic carbocycles. The first kappa shape index (κ1) is 20.1. The fraction of sp³-hybridized carbons (Fsp3) is 0.167. The lowest BCUT2D eigenvalue weighted by Crippen LogP contribution is -2.29. The molecule has 1 unspecified atom stereocenters. The molecular weight excluding hydrogens is 362 g/mol. The van der Waals surface area contributed by atoms with Crippen molar-refractivity contribution in [3.05, 3.63) is 84.4 Å². The van der Waals surface area contributed by atoms with Gasteiger partial charge in [-0.25, -0.2) is 0 Å². The number of nitrogens with one attached hydrogen (secondary N) is 3. The molecular formula is C24H25N3O2. The molecule has 5 nitrogen and oxygen atoms in total. The largest absolute Gasteiger partial charge is 0.356 e. The second kappa shape index (κ2) is 9.55. The fourth-order valence-electron chi connectivity index (χ4n) is 2.95. The molecule has 3 aromatic rings. The van der Waals surface area contributed by atoms with E-state index in [4.69, 9.17) is 0 Å². The van der Waals surface area contributed by atoms with Crippen LogP contribution in [0.2, 0.25) is 0 Å². The van der Waals surface area contributed by atoms with Gasteiger partial charge in [0.05, 0.1) is 0 Å². The maximum absolute atomic E-state index is 12.4. The van der Waals surface area contributed by atoms with E-state index in [1.807, 2.05) is 66.7 Å². The first-order chi connectivity index (χ1) is 14.1. The second-order valence-electron chi connectivity index (χ2n) is 6.87. The molecule has 0 aliphatic heterocycles. The molecule has 0 spiro atoms. The molecule has 3 rings (SSSR count). The van der Waals surface area contributed by atoms with Crippen molar-refractivity contribution in [2.75, 3.05) is 16.0 Å². The molecule has 1 atom stereocenters. The summed E-state index contributed by atoms with van der Waals surface area (Å²) in [5.41, 5.74) is 4.11. The molecule has 0 bridgehead atoms. The summed E-state index contributed by atoms with van der Waals surface area (Å²) in [4.78, 5) is 24.7. The third-order valence-electron chi connectivity index (χ3n) is 4.76. The Bertz CT molecular complexity index is 969. The second-order valence-corrected chi connectivity index (χ2v) is 6.87. The van der Waals surface area contributed by atoms with Gasteiger partial charge in [-0.3, -0.25) is 9.59 Å². The molecule has 0 heterocycles. The highest BCUT2D eigenvalue weighted by atomic mass is 16.2. The number of rotatable bonds is 6. The standard InChI is InChI=1S/C24H25N3O2/c1-3-17(2)21-11-7-8-12-22(21)27-24(29)23(28)26-20-15-13-19(14-16-20)25-18-9-5-4-6-10-18/h4-17,25H,3H2,1-2H3,(H,26,28)(H,27,29). The molecule has 0 saturated carbocycles. The van der Waals surface area contributed by atoms with E-state index in [0.29, 0.717) is 17.3 Å². The number of amides is 2. The predicted octanol–water partition coefficient (Wildman–Crippen LogP) is 5.52. The van der Waals surface area contributed by atoms with E-state index < -0.39 is 11.8 Å². The lowest BCUT2D eigenvalue weighted by Gasteiger charge is -2.15. The Balaban J connectivity index is 1.61. The number of para-hydroxylation sites is 2. The zero-order valence-corrected chi connectivity index (χ0v) is 16.6. The summed E-state index contributed by atoms with van der Waals surface area (Å²) < 4.78 is 0. The van der Waals surface area contributed by atoms with Crippen LogP contribution in [-0.4, -0.2) is 11.8 Å². The molecule has 0 radical (unpaired) electrons. The Morgan fingerprint density at radius 3 is 1.97 bits per heavy atom. The van der Waals surface area contributed by atoms with Gasteiger partial charge in [-0.2, -0.15) is 0 Å². The van der Waals surface area contributed by atoms with Gasteiger partial charge in [0.1, 0.15) is 0 Å². The number of anilines is 4. The van der Waals surface area contributed by atoms with Gasteiger partial charge >= 0.3 is 11.8 Å². The maximum atomic E-state index is 12.4. The number of hydrogen-bond acceptors (Lipinski definition) is 3. The van der Waals surface area contributed by atoms with Gasteiger partial charge in [0.2, 0.25) is 0 Å². The van der Waals surface area contributed by atoms with Crippen molar-refractivity contribution in [1.29, 1.82) is 0 Å². The van der Waals surface area contributed by atoms with Crippen LogP contribution in [0.3, 0.4) is 0 Å². The Hall–Kier alpha value is -3.60. The number of benzene rings is 3. The van der Waals surface area contributed by atoms with Crippen molar-refractivity contribution in [3.8, 4) is 0 Å². The van der Waals surface area contributed by atoms with Crippen molar-refractivity contribution < 1.29 is 9.59 Å². The summed E-state index contributed by atoms with van der Waals surface area (Å²) in [6.07, 6.45) is 0.947. The summed E-state index contributed by atoms with van der Waals surface area (Å²) in [5, 5.41) is 8.63. The summed E-state index contributed by atoms with van der Waals surface area (Å²) in [7, 11) is 0. The molecule has 148 valence electrons. The van der Waals surface area contributed by atoms with Gasteiger partial charge in [-0.15, -0.1) is 0 Å². The fourth-order valence-corrected chi connectivity index (χ4v) is 2.95. The molecule has 3 N–H and O–H groups in total. The molecule has 29 heavy (non-hydrogen) atoms. The first-order valence-corrected chi connectivity index (χ1v) is 9.70. The average Bonchev–Trinajstić information content (AvgIpc) is 2.75. The lowest BCUT2D eigenvalue weighted by atomic mass is 9.97. The van der Waals surface area contributed by atoms with Gasteiger partial charge in [-0.05, 0) is 60.4 Å². The Morgan fingerprint density at radius 2 is 1.28 bits per heavy atom. The van der Waals surface area contributed by atoms with Crippen LogP contribution in [-0.2, 0) is 9.59 Å². The third kappa shape index (κ3) is 5.45. The summed E-state index contributed by atoms with van der Waals surface area (Å²) in [6.45, 7) is 4.18. The molecule has 0 saturated heterocycles. The number of carbonyl (C=O) groups is 2. The smallest absolute Gasteiger partial charge is 0.314 e. The number of hydrogen-bond donors (Lipinski definition) is 3. The van der Waals surface area contributed by atoms with Crippen molar-refractivity contribution >= 4 is 34.6 Å². The quantitative estimate of drug-likeness (QED) is 0.488. The van der Waals surface area contributed by atoms with Crippen LogP contribution < -0.4 is 16.0 Å². The molecule has 2 amide bonds. The van der Waals surface area contributed by atoms with E-state index in [1.165, 1.54) is 0 Å². The topological polar surface area (TPSA) is 70.2 Å². The van der Waals surface area contributed by atoms with E-state index in [1.54, 1.807) is 12.1 Å². The van der Waals surface area contributed by atoms with Gasteiger partial charge in [0, 0.05) is 22.7 Å². The van der Waals surface area contributed by atoms with Crippen LogP contribution in [0.1, 0.15) is 31.7 Å². The molecule has 0 aromatic heterocycles. The molecule has 5 heteroatoms. The monoisotopic (exact) mass is 387 g/mol. The van der Waals surface area contributed by atoms with E-state index in [9.17, 15) is 9.59 Å². The van der Waals surface area contributed by atoms with Crippen LogP contribution >= 0.6 is 0 Å². The Morgan fingerprint density at radius 1 is 0.724 bits per heavy atom. The van der Waals surface area contributed by atoms with E-state index in [-0.39, 0.29) is 0 Å². The van der Waals surface area contributed by atoms with Gasteiger partial charge in [0.15, 0.2) is 0 Å². The maximum Gasteiger partial charge on any atom is 0.314 e. The lowest BCUT2D eigenvalue weighted by molar-refractivity contribution is -0.133. The predicted molar refractivity (Wildman–Crippen MR) is 119 cm³/mol. The van der Waals surface area contributed by atoms with Crippen molar-refractivity contribution in [2.24, 2.45) is 0 Å². The summed E-state index contributed by atoms with van der Waals surface area (Å²) >= 11 is 0. The molecule has 3 aromatic carbocycles. The minimum absolute atomic E-state index is 0.291. The highest BCUT2D eigenvalue weighted by molar-refractivity contribution is 6.43. The van der Waals surface area contributed by atoms with E-state index in [0.717, 1.165) is 23.4 Å². The van der Waals surface area contributed by atoms with Crippen LogP contribution in [0, 0.1) is 0 Å². The third-order valence-corrected chi connectivity index (χ3v) is 4.76. The summed E-state index contributed by atoms with van der Waals surface area (Å²) in [5.74, 6) is -1.10. The average molecular weight is 387 g/mol. The van der Waals surface area contributed by atoms with Crippen LogP contribution in [0.5, 0.6) is 0 Å². The highest BCUT2D eigenvalue weighted by Gasteiger charge is 2.17. The number of carbonyl (C=O) groups excluding carboxylic acids is 2. The zero-order chi connectivity index (χ0) is 20.6. The molecule has 0 aliphatic rings. The Labute approximate surface area is 171 Å². The Kier molecular flexibility index (Phi) is 6.63. The van der Waals surface area contributed by atoms with Crippen LogP contribution in [0.15, 0.2) is 78.9 Å². The van der Waals surface area contributed by atoms with E-state index >= 15 is 0 Å². The van der Waals surface area contributed by atoms with Gasteiger partial charge < -0.3 is 16.0 Å². The van der Waals surface area contributed by atoms with Crippen molar-refractivity contribution in [3.63, 3.8) is 0 Å². The van der Waals surface area contributed by atoms with Crippen LogP contribution in [0.4, 0.5) is 22.7 Å².